The Morgan fingerprint density at radius 2 is 2.04 bits per heavy atom. The average Bonchev–Trinajstić information content (AvgIpc) is 2.68. The number of carbonyl (C=O) groups excluding carboxylic acids is 1. The summed E-state index contributed by atoms with van der Waals surface area (Å²) in [6.45, 7) is 6.86. The topological polar surface area (TPSA) is 46.5 Å². The summed E-state index contributed by atoms with van der Waals surface area (Å²) in [7, 11) is 0. The van der Waals surface area contributed by atoms with Gasteiger partial charge in [0.05, 0.1) is 5.60 Å². The van der Waals surface area contributed by atoms with E-state index in [1.807, 2.05) is 30.3 Å². The molecule has 4 atom stereocenters. The molecule has 3 heteroatoms. The third-order valence-electron chi connectivity index (χ3n) is 6.59. The zero-order valence-corrected chi connectivity index (χ0v) is 16.7. The molecule has 0 spiro atoms. The van der Waals surface area contributed by atoms with Gasteiger partial charge < -0.3 is 9.84 Å². The summed E-state index contributed by atoms with van der Waals surface area (Å²) < 4.78 is 5.46. The molecule has 3 rings (SSSR count). The van der Waals surface area contributed by atoms with Crippen molar-refractivity contribution in [3.05, 3.63) is 53.6 Å². The Hall–Kier alpha value is -1.87. The molecule has 3 nitrogen and oxygen atoms in total. The van der Waals surface area contributed by atoms with Gasteiger partial charge in [0.15, 0.2) is 0 Å². The maximum atomic E-state index is 12.0. The number of fused-ring (bicyclic) bond motifs is 1. The second-order valence-electron chi connectivity index (χ2n) is 8.57. The largest absolute Gasteiger partial charge is 0.458 e. The van der Waals surface area contributed by atoms with Crippen molar-refractivity contribution in [2.45, 2.75) is 52.1 Å². The molecule has 1 saturated carbocycles. The van der Waals surface area contributed by atoms with Crippen LogP contribution in [0.1, 0.15) is 52.0 Å². The molecule has 146 valence electrons. The predicted octanol–water partition coefficient (Wildman–Crippen LogP) is 5.01. The standard InChI is InChI=1S/C24H32O3/c1-17(2)24(26)14-13-18(3)21-11-9-20(15-22(21)24)16-27-23(25)12-10-19-7-5-4-6-8-19/h4-8,10,12,15,17-18,21-22,26H,9,11,13-14,16H2,1-3H3. The smallest absolute Gasteiger partial charge is 0.331 e. The van der Waals surface area contributed by atoms with E-state index in [1.165, 1.54) is 6.08 Å². The minimum Gasteiger partial charge on any atom is -0.458 e. The van der Waals surface area contributed by atoms with E-state index >= 15 is 0 Å². The lowest BCUT2D eigenvalue weighted by molar-refractivity contribution is -0.137. The molecule has 1 aromatic rings. The van der Waals surface area contributed by atoms with Gasteiger partial charge in [-0.3, -0.25) is 0 Å². The molecule has 1 N–H and O–H groups in total. The average molecular weight is 369 g/mol. The SMILES string of the molecule is CC1CCC(O)(C(C)C)C2C=C(COC(=O)C=Cc3ccccc3)CCC12. The molecular formula is C24H32O3. The van der Waals surface area contributed by atoms with Gasteiger partial charge in [-0.15, -0.1) is 0 Å². The molecule has 1 aromatic carbocycles. The summed E-state index contributed by atoms with van der Waals surface area (Å²) in [6.07, 6.45) is 9.45. The van der Waals surface area contributed by atoms with Crippen LogP contribution in [0.15, 0.2) is 48.1 Å². The monoisotopic (exact) mass is 368 g/mol. The van der Waals surface area contributed by atoms with Crippen LogP contribution in [0.3, 0.4) is 0 Å². The van der Waals surface area contributed by atoms with E-state index in [0.717, 1.165) is 36.8 Å². The molecule has 0 heterocycles. The molecule has 4 unspecified atom stereocenters. The number of hydrogen-bond acceptors (Lipinski definition) is 3. The van der Waals surface area contributed by atoms with Crippen molar-refractivity contribution in [3.8, 4) is 0 Å². The van der Waals surface area contributed by atoms with E-state index in [1.54, 1.807) is 6.08 Å². The molecule has 2 aliphatic carbocycles. The van der Waals surface area contributed by atoms with Gasteiger partial charge >= 0.3 is 5.97 Å². The Morgan fingerprint density at radius 3 is 2.74 bits per heavy atom. The molecule has 0 bridgehead atoms. The van der Waals surface area contributed by atoms with Gasteiger partial charge in [0, 0.05) is 12.0 Å². The van der Waals surface area contributed by atoms with Gasteiger partial charge in [-0.2, -0.15) is 0 Å². The fourth-order valence-corrected chi connectivity index (χ4v) is 4.72. The highest BCUT2D eigenvalue weighted by Gasteiger charge is 2.48. The summed E-state index contributed by atoms with van der Waals surface area (Å²) in [6, 6.07) is 9.72. The van der Waals surface area contributed by atoms with Gasteiger partial charge in [-0.25, -0.2) is 4.79 Å². The molecule has 0 aromatic heterocycles. The summed E-state index contributed by atoms with van der Waals surface area (Å²) in [5.74, 6) is 1.25. The number of esters is 1. The first-order valence-corrected chi connectivity index (χ1v) is 10.2. The van der Waals surface area contributed by atoms with Crippen molar-refractivity contribution in [3.63, 3.8) is 0 Å². The van der Waals surface area contributed by atoms with E-state index < -0.39 is 5.60 Å². The van der Waals surface area contributed by atoms with E-state index in [9.17, 15) is 9.90 Å². The van der Waals surface area contributed by atoms with Gasteiger partial charge in [-0.1, -0.05) is 57.2 Å². The zero-order valence-electron chi connectivity index (χ0n) is 16.7. The van der Waals surface area contributed by atoms with Crippen LogP contribution in [0, 0.1) is 23.7 Å². The fraction of sp³-hybridized carbons (Fsp3) is 0.542. The summed E-state index contributed by atoms with van der Waals surface area (Å²) >= 11 is 0. The maximum Gasteiger partial charge on any atom is 0.331 e. The third-order valence-corrected chi connectivity index (χ3v) is 6.59. The van der Waals surface area contributed by atoms with Gasteiger partial charge in [0.1, 0.15) is 6.61 Å². The number of benzene rings is 1. The second kappa shape index (κ2) is 8.43. The highest BCUT2D eigenvalue weighted by Crippen LogP contribution is 2.50. The number of carbonyl (C=O) groups is 1. The molecule has 1 fully saturated rings. The number of hydrogen-bond donors (Lipinski definition) is 1. The summed E-state index contributed by atoms with van der Waals surface area (Å²) in [4.78, 5) is 12.0. The van der Waals surface area contributed by atoms with Crippen molar-refractivity contribution in [1.29, 1.82) is 0 Å². The van der Waals surface area contributed by atoms with E-state index in [4.69, 9.17) is 4.74 Å². The van der Waals surface area contributed by atoms with Crippen LogP contribution >= 0.6 is 0 Å². The molecular weight excluding hydrogens is 336 g/mol. The molecule has 0 radical (unpaired) electrons. The lowest BCUT2D eigenvalue weighted by Gasteiger charge is -2.51. The minimum atomic E-state index is -0.639. The number of ether oxygens (including phenoxy) is 1. The molecule has 0 amide bonds. The fourth-order valence-electron chi connectivity index (χ4n) is 4.72. The minimum absolute atomic E-state index is 0.170. The Bertz CT molecular complexity index is 704. The Labute approximate surface area is 163 Å². The van der Waals surface area contributed by atoms with Crippen LogP contribution in [0.5, 0.6) is 0 Å². The Balaban J connectivity index is 1.63. The van der Waals surface area contributed by atoms with Crippen LogP contribution in [-0.2, 0) is 9.53 Å². The first-order valence-electron chi connectivity index (χ1n) is 10.2. The van der Waals surface area contributed by atoms with Crippen LogP contribution in [0.2, 0.25) is 0 Å². The van der Waals surface area contributed by atoms with Gasteiger partial charge in [-0.05, 0) is 60.6 Å². The third kappa shape index (κ3) is 4.52. The Morgan fingerprint density at radius 1 is 1.30 bits per heavy atom. The lowest BCUT2D eigenvalue weighted by atomic mass is 9.58. The van der Waals surface area contributed by atoms with E-state index in [0.29, 0.717) is 18.4 Å². The molecule has 2 aliphatic rings. The number of rotatable bonds is 5. The quantitative estimate of drug-likeness (QED) is 0.451. The zero-order chi connectivity index (χ0) is 19.4. The van der Waals surface area contributed by atoms with Crippen LogP contribution in [0.25, 0.3) is 6.08 Å². The van der Waals surface area contributed by atoms with E-state index in [2.05, 4.69) is 26.8 Å². The summed E-state index contributed by atoms with van der Waals surface area (Å²) in [5.41, 5.74) is 1.48. The van der Waals surface area contributed by atoms with E-state index in [-0.39, 0.29) is 17.8 Å². The summed E-state index contributed by atoms with van der Waals surface area (Å²) in [5, 5.41) is 11.3. The number of aliphatic hydroxyl groups is 1. The maximum absolute atomic E-state index is 12.0. The Kier molecular flexibility index (Phi) is 6.21. The molecule has 27 heavy (non-hydrogen) atoms. The van der Waals surface area contributed by atoms with Crippen LogP contribution in [0.4, 0.5) is 0 Å². The first kappa shape index (κ1) is 19.9. The van der Waals surface area contributed by atoms with Gasteiger partial charge in [0.2, 0.25) is 0 Å². The highest BCUT2D eigenvalue weighted by molar-refractivity contribution is 5.87. The van der Waals surface area contributed by atoms with Crippen molar-refractivity contribution in [1.82, 2.24) is 0 Å². The van der Waals surface area contributed by atoms with Crippen molar-refractivity contribution in [2.24, 2.45) is 23.7 Å². The first-order chi connectivity index (χ1) is 12.9. The van der Waals surface area contributed by atoms with Crippen molar-refractivity contribution < 1.29 is 14.6 Å². The van der Waals surface area contributed by atoms with Crippen molar-refractivity contribution >= 4 is 12.0 Å². The molecule has 0 saturated heterocycles. The van der Waals surface area contributed by atoms with Crippen LogP contribution in [-0.4, -0.2) is 23.3 Å². The van der Waals surface area contributed by atoms with Crippen LogP contribution < -0.4 is 0 Å². The normalized spacial score (nSPS) is 30.9. The highest BCUT2D eigenvalue weighted by atomic mass is 16.5. The second-order valence-corrected chi connectivity index (χ2v) is 8.57. The molecule has 0 aliphatic heterocycles. The predicted molar refractivity (Wildman–Crippen MR) is 109 cm³/mol. The van der Waals surface area contributed by atoms with Gasteiger partial charge in [0.25, 0.3) is 0 Å². The lowest BCUT2D eigenvalue weighted by Crippen LogP contribution is -2.51. The van der Waals surface area contributed by atoms with Crippen molar-refractivity contribution in [2.75, 3.05) is 6.61 Å².